The predicted molar refractivity (Wildman–Crippen MR) is 65.8 cm³/mol. The molecule has 2 aromatic rings. The molecule has 5 nitrogen and oxygen atoms in total. The molecular weight excluding hydrogens is 253 g/mol. The van der Waals surface area contributed by atoms with Crippen LogP contribution in [-0.4, -0.2) is 21.2 Å². The van der Waals surface area contributed by atoms with Crippen LogP contribution in [0.2, 0.25) is 0 Å². The zero-order valence-electron chi connectivity index (χ0n) is 9.59. The summed E-state index contributed by atoms with van der Waals surface area (Å²) in [4.78, 5) is 11.8. The topological polar surface area (TPSA) is 89.8 Å². The highest BCUT2D eigenvalue weighted by Crippen LogP contribution is 2.23. The molecule has 4 N–H and O–H groups in total. The number of phenols is 3. The van der Waals surface area contributed by atoms with Crippen LogP contribution in [0.1, 0.15) is 10.4 Å². The molecule has 0 atom stereocenters. The van der Waals surface area contributed by atoms with E-state index in [2.05, 4.69) is 5.32 Å². The number of halogens is 1. The number of hydrogen-bond acceptors (Lipinski definition) is 4. The summed E-state index contributed by atoms with van der Waals surface area (Å²) in [6.07, 6.45) is 0. The Labute approximate surface area is 107 Å². The Morgan fingerprint density at radius 2 is 1.63 bits per heavy atom. The highest BCUT2D eigenvalue weighted by Gasteiger charge is 2.10. The van der Waals surface area contributed by atoms with Gasteiger partial charge in [-0.3, -0.25) is 4.79 Å². The minimum absolute atomic E-state index is 0.0194. The Balaban J connectivity index is 2.22. The van der Waals surface area contributed by atoms with Crippen molar-refractivity contribution < 1.29 is 24.5 Å². The summed E-state index contributed by atoms with van der Waals surface area (Å²) in [6, 6.07) is 6.77. The number of aromatic hydroxyl groups is 3. The lowest BCUT2D eigenvalue weighted by Gasteiger charge is -2.07. The van der Waals surface area contributed by atoms with Gasteiger partial charge in [0.05, 0.1) is 0 Å². The van der Waals surface area contributed by atoms with E-state index >= 15 is 0 Å². The van der Waals surface area contributed by atoms with E-state index in [1.165, 1.54) is 6.07 Å². The Hall–Kier alpha value is -2.76. The summed E-state index contributed by atoms with van der Waals surface area (Å²) in [5, 5.41) is 29.9. The molecule has 0 saturated carbocycles. The van der Waals surface area contributed by atoms with Crippen molar-refractivity contribution in [2.24, 2.45) is 0 Å². The first-order valence-electron chi connectivity index (χ1n) is 5.28. The number of anilines is 1. The quantitative estimate of drug-likeness (QED) is 0.625. The molecule has 98 valence electrons. The SMILES string of the molecule is O=C(Nc1ccc(O)c(F)c1)c1cc(O)cc(O)c1. The third kappa shape index (κ3) is 2.92. The number of carbonyl (C=O) groups excluding carboxylic acids is 1. The molecule has 0 bridgehead atoms. The molecule has 0 fully saturated rings. The van der Waals surface area contributed by atoms with Crippen LogP contribution in [0.25, 0.3) is 0 Å². The molecule has 0 radical (unpaired) electrons. The summed E-state index contributed by atoms with van der Waals surface area (Å²) in [6.45, 7) is 0. The van der Waals surface area contributed by atoms with Crippen molar-refractivity contribution in [3.8, 4) is 17.2 Å². The zero-order chi connectivity index (χ0) is 14.0. The lowest BCUT2D eigenvalue weighted by atomic mass is 10.2. The average molecular weight is 263 g/mol. The van der Waals surface area contributed by atoms with Crippen LogP contribution < -0.4 is 5.32 Å². The van der Waals surface area contributed by atoms with E-state index in [9.17, 15) is 19.4 Å². The Morgan fingerprint density at radius 3 is 2.21 bits per heavy atom. The molecular formula is C13H10FNO4. The first kappa shape index (κ1) is 12.7. The minimum Gasteiger partial charge on any atom is -0.508 e. The number of benzene rings is 2. The third-order valence-electron chi connectivity index (χ3n) is 2.37. The molecule has 0 aromatic heterocycles. The lowest BCUT2D eigenvalue weighted by molar-refractivity contribution is 0.102. The molecule has 2 rings (SSSR count). The van der Waals surface area contributed by atoms with Gasteiger partial charge in [0.1, 0.15) is 11.5 Å². The van der Waals surface area contributed by atoms with Gasteiger partial charge in [-0.25, -0.2) is 4.39 Å². The number of amides is 1. The number of phenolic OH excluding ortho intramolecular Hbond substituents is 3. The fraction of sp³-hybridized carbons (Fsp3) is 0. The van der Waals surface area contributed by atoms with Gasteiger partial charge in [0.25, 0.3) is 5.91 Å². The van der Waals surface area contributed by atoms with E-state index < -0.39 is 17.5 Å². The van der Waals surface area contributed by atoms with Crippen molar-refractivity contribution >= 4 is 11.6 Å². The predicted octanol–water partition coefficient (Wildman–Crippen LogP) is 2.19. The summed E-state index contributed by atoms with van der Waals surface area (Å²) in [5.74, 6) is -2.54. The van der Waals surface area contributed by atoms with Crippen molar-refractivity contribution in [2.75, 3.05) is 5.32 Å². The molecule has 0 aliphatic carbocycles. The fourth-order valence-electron chi connectivity index (χ4n) is 1.51. The first-order valence-corrected chi connectivity index (χ1v) is 5.28. The standard InChI is InChI=1S/C13H10FNO4/c14-11-5-8(1-2-12(11)18)15-13(19)7-3-9(16)6-10(17)4-7/h1-6,16-18H,(H,15,19). The molecule has 0 unspecified atom stereocenters. The molecule has 0 aliphatic heterocycles. The monoisotopic (exact) mass is 263 g/mol. The molecule has 0 aliphatic rings. The summed E-state index contributed by atoms with van der Waals surface area (Å²) in [5.41, 5.74) is 0.161. The van der Waals surface area contributed by atoms with Crippen LogP contribution in [0.4, 0.5) is 10.1 Å². The van der Waals surface area contributed by atoms with Gasteiger partial charge in [-0.05, 0) is 24.3 Å². The van der Waals surface area contributed by atoms with Crippen molar-refractivity contribution in [2.45, 2.75) is 0 Å². The lowest BCUT2D eigenvalue weighted by Crippen LogP contribution is -2.11. The van der Waals surface area contributed by atoms with Gasteiger partial charge in [-0.1, -0.05) is 0 Å². The molecule has 0 spiro atoms. The fourth-order valence-corrected chi connectivity index (χ4v) is 1.51. The average Bonchev–Trinajstić information content (AvgIpc) is 2.32. The van der Waals surface area contributed by atoms with E-state index in [1.54, 1.807) is 0 Å². The smallest absolute Gasteiger partial charge is 0.255 e. The zero-order valence-corrected chi connectivity index (χ0v) is 9.59. The van der Waals surface area contributed by atoms with E-state index in [-0.39, 0.29) is 22.7 Å². The van der Waals surface area contributed by atoms with Gasteiger partial charge >= 0.3 is 0 Å². The summed E-state index contributed by atoms with van der Waals surface area (Å²) in [7, 11) is 0. The molecule has 19 heavy (non-hydrogen) atoms. The first-order chi connectivity index (χ1) is 8.95. The highest BCUT2D eigenvalue weighted by atomic mass is 19.1. The van der Waals surface area contributed by atoms with Gasteiger partial charge < -0.3 is 20.6 Å². The largest absolute Gasteiger partial charge is 0.508 e. The number of rotatable bonds is 2. The minimum atomic E-state index is -0.864. The second-order valence-corrected chi connectivity index (χ2v) is 3.86. The normalized spacial score (nSPS) is 10.2. The summed E-state index contributed by atoms with van der Waals surface area (Å²) >= 11 is 0. The van der Waals surface area contributed by atoms with E-state index in [4.69, 9.17) is 5.11 Å². The Morgan fingerprint density at radius 1 is 1.00 bits per heavy atom. The second kappa shape index (κ2) is 4.85. The van der Waals surface area contributed by atoms with Crippen LogP contribution in [0.15, 0.2) is 36.4 Å². The van der Waals surface area contributed by atoms with Crippen molar-refractivity contribution in [3.63, 3.8) is 0 Å². The van der Waals surface area contributed by atoms with Crippen LogP contribution >= 0.6 is 0 Å². The van der Waals surface area contributed by atoms with Gasteiger partial charge in [0.15, 0.2) is 11.6 Å². The third-order valence-corrected chi connectivity index (χ3v) is 2.37. The maximum atomic E-state index is 13.1. The summed E-state index contributed by atoms with van der Waals surface area (Å²) < 4.78 is 13.1. The van der Waals surface area contributed by atoms with E-state index in [0.29, 0.717) is 0 Å². The van der Waals surface area contributed by atoms with Crippen molar-refractivity contribution in [1.82, 2.24) is 0 Å². The number of nitrogens with one attached hydrogen (secondary N) is 1. The number of carbonyl (C=O) groups is 1. The van der Waals surface area contributed by atoms with Crippen molar-refractivity contribution in [1.29, 1.82) is 0 Å². The van der Waals surface area contributed by atoms with Crippen LogP contribution in [0.3, 0.4) is 0 Å². The maximum Gasteiger partial charge on any atom is 0.255 e. The van der Waals surface area contributed by atoms with E-state index in [1.807, 2.05) is 0 Å². The number of hydrogen-bond donors (Lipinski definition) is 4. The van der Waals surface area contributed by atoms with Crippen LogP contribution in [-0.2, 0) is 0 Å². The van der Waals surface area contributed by atoms with E-state index in [0.717, 1.165) is 30.3 Å². The maximum absolute atomic E-state index is 13.1. The van der Waals surface area contributed by atoms with Gasteiger partial charge in [-0.2, -0.15) is 0 Å². The van der Waals surface area contributed by atoms with Gasteiger partial charge in [0.2, 0.25) is 0 Å². The molecule has 0 saturated heterocycles. The van der Waals surface area contributed by atoms with Crippen LogP contribution in [0, 0.1) is 5.82 Å². The highest BCUT2D eigenvalue weighted by molar-refractivity contribution is 6.04. The Bertz CT molecular complexity index is 622. The van der Waals surface area contributed by atoms with Crippen molar-refractivity contribution in [3.05, 3.63) is 47.8 Å². The van der Waals surface area contributed by atoms with Crippen LogP contribution in [0.5, 0.6) is 17.2 Å². The van der Waals surface area contributed by atoms with Gasteiger partial charge in [-0.15, -0.1) is 0 Å². The molecule has 2 aromatic carbocycles. The second-order valence-electron chi connectivity index (χ2n) is 3.86. The molecule has 6 heteroatoms. The Kier molecular flexibility index (Phi) is 3.24. The molecule has 0 heterocycles. The molecule has 1 amide bonds. The van der Waals surface area contributed by atoms with Gasteiger partial charge in [0, 0.05) is 23.4 Å².